The van der Waals surface area contributed by atoms with Crippen molar-refractivity contribution in [3.05, 3.63) is 42.5 Å². The largest absolute Gasteiger partial charge is 0.491 e. The molecule has 0 fully saturated rings. The molecule has 1 N–H and O–H groups in total. The van der Waals surface area contributed by atoms with Gasteiger partial charge in [-0.3, -0.25) is 0 Å². The lowest BCUT2D eigenvalue weighted by molar-refractivity contribution is 0.281. The molecule has 1 rings (SSSR count). The summed E-state index contributed by atoms with van der Waals surface area (Å²) >= 11 is 0. The fraction of sp³-hybridized carbons (Fsp3) is 0.333. The van der Waals surface area contributed by atoms with Gasteiger partial charge in [0.05, 0.1) is 15.4 Å². The van der Waals surface area contributed by atoms with Gasteiger partial charge in [0, 0.05) is 0 Å². The van der Waals surface area contributed by atoms with Crippen LogP contribution in [0, 0.1) is 0 Å². The van der Waals surface area contributed by atoms with Crippen LogP contribution in [-0.2, 0) is 6.61 Å². The monoisotopic (exact) mass is 222 g/mol. The molecule has 0 saturated carbocycles. The average molecular weight is 222 g/mol. The molecule has 2 nitrogen and oxygen atoms in total. The molecule has 1 atom stereocenters. The van der Waals surface area contributed by atoms with Crippen LogP contribution in [0.15, 0.2) is 36.9 Å². The Hall–Kier alpha value is -1.06. The maximum absolute atomic E-state index is 8.89. The second-order valence-electron chi connectivity index (χ2n) is 3.86. The molecule has 1 aromatic rings. The Bertz CT molecular complexity index is 306. The van der Waals surface area contributed by atoms with E-state index in [1.165, 1.54) is 0 Å². The van der Waals surface area contributed by atoms with Crippen LogP contribution in [0.5, 0.6) is 5.75 Å². The summed E-state index contributed by atoms with van der Waals surface area (Å²) in [6.45, 7) is 8.32. The minimum atomic E-state index is -0.865. The first kappa shape index (κ1) is 12.0. The van der Waals surface area contributed by atoms with Crippen LogP contribution in [0.1, 0.15) is 5.56 Å². The van der Waals surface area contributed by atoms with Gasteiger partial charge in [-0.2, -0.15) is 0 Å². The van der Waals surface area contributed by atoms with Gasteiger partial charge in [-0.25, -0.2) is 0 Å². The lowest BCUT2D eigenvalue weighted by Gasteiger charge is -2.18. The van der Waals surface area contributed by atoms with Crippen molar-refractivity contribution < 1.29 is 9.84 Å². The normalized spacial score (nSPS) is 12.5. The third kappa shape index (κ3) is 3.53. The van der Waals surface area contributed by atoms with Crippen LogP contribution in [0.2, 0.25) is 13.1 Å². The highest BCUT2D eigenvalue weighted by Gasteiger charge is 2.11. The van der Waals surface area contributed by atoms with Gasteiger partial charge in [0.15, 0.2) is 0 Å². The van der Waals surface area contributed by atoms with E-state index in [1.807, 2.05) is 30.3 Å². The Morgan fingerprint density at radius 2 is 2.00 bits per heavy atom. The Labute approximate surface area is 92.8 Å². The topological polar surface area (TPSA) is 29.5 Å². The van der Waals surface area contributed by atoms with Crippen LogP contribution in [0.25, 0.3) is 0 Å². The maximum Gasteiger partial charge on any atom is 0.119 e. The number of benzene rings is 1. The number of rotatable bonds is 5. The molecule has 0 aliphatic rings. The summed E-state index contributed by atoms with van der Waals surface area (Å²) in [5, 5.41) is 8.89. The summed E-state index contributed by atoms with van der Waals surface area (Å²) < 4.78 is 5.79. The average Bonchev–Trinajstić information content (AvgIpc) is 2.26. The van der Waals surface area contributed by atoms with E-state index in [1.54, 1.807) is 0 Å². The third-order valence-electron chi connectivity index (χ3n) is 2.27. The summed E-state index contributed by atoms with van der Waals surface area (Å²) in [4.78, 5) is 0. The Kier molecular flexibility index (Phi) is 4.59. The van der Waals surface area contributed by atoms with Crippen molar-refractivity contribution in [2.24, 2.45) is 0 Å². The SMILES string of the molecule is C=CC(Oc1ccc(CO)cc1)[SiH](C)C. The van der Waals surface area contributed by atoms with Crippen molar-refractivity contribution in [2.45, 2.75) is 25.4 Å². The molecule has 0 saturated heterocycles. The van der Waals surface area contributed by atoms with E-state index in [2.05, 4.69) is 19.7 Å². The third-order valence-corrected chi connectivity index (χ3v) is 3.99. The molecule has 0 amide bonds. The van der Waals surface area contributed by atoms with Crippen molar-refractivity contribution in [3.8, 4) is 5.75 Å². The minimum absolute atomic E-state index is 0.0735. The van der Waals surface area contributed by atoms with Crippen molar-refractivity contribution in [1.82, 2.24) is 0 Å². The molecule has 1 aromatic carbocycles. The maximum atomic E-state index is 8.89. The molecule has 82 valence electrons. The molecule has 0 aromatic heterocycles. The molecule has 0 aliphatic heterocycles. The molecule has 3 heteroatoms. The highest BCUT2D eigenvalue weighted by atomic mass is 28.3. The number of ether oxygens (including phenoxy) is 1. The van der Waals surface area contributed by atoms with E-state index in [0.29, 0.717) is 0 Å². The molecular formula is C12H18O2Si. The molecule has 0 aliphatic carbocycles. The van der Waals surface area contributed by atoms with E-state index in [4.69, 9.17) is 9.84 Å². The zero-order chi connectivity index (χ0) is 11.3. The second kappa shape index (κ2) is 5.73. The molecular weight excluding hydrogens is 204 g/mol. The lowest BCUT2D eigenvalue weighted by Crippen LogP contribution is -2.28. The van der Waals surface area contributed by atoms with E-state index >= 15 is 0 Å². The number of hydrogen-bond donors (Lipinski definition) is 1. The van der Waals surface area contributed by atoms with Gasteiger partial charge < -0.3 is 9.84 Å². The van der Waals surface area contributed by atoms with Crippen LogP contribution >= 0.6 is 0 Å². The smallest absolute Gasteiger partial charge is 0.119 e. The predicted octanol–water partition coefficient (Wildman–Crippen LogP) is 2.14. The minimum Gasteiger partial charge on any atom is -0.491 e. The van der Waals surface area contributed by atoms with Crippen LogP contribution in [0.4, 0.5) is 0 Å². The van der Waals surface area contributed by atoms with Crippen LogP contribution in [-0.4, -0.2) is 19.6 Å². The zero-order valence-electron chi connectivity index (χ0n) is 9.31. The first-order chi connectivity index (χ1) is 7.17. The molecule has 0 spiro atoms. The predicted molar refractivity (Wildman–Crippen MR) is 65.9 cm³/mol. The van der Waals surface area contributed by atoms with Gasteiger partial charge in [-0.1, -0.05) is 37.9 Å². The van der Waals surface area contributed by atoms with Crippen molar-refractivity contribution in [3.63, 3.8) is 0 Å². The van der Waals surface area contributed by atoms with Crippen molar-refractivity contribution >= 4 is 8.80 Å². The van der Waals surface area contributed by atoms with Gasteiger partial charge >= 0.3 is 0 Å². The fourth-order valence-corrected chi connectivity index (χ4v) is 2.26. The van der Waals surface area contributed by atoms with Crippen molar-refractivity contribution in [2.75, 3.05) is 0 Å². The number of hydrogen-bond acceptors (Lipinski definition) is 2. The molecule has 15 heavy (non-hydrogen) atoms. The van der Waals surface area contributed by atoms with Crippen molar-refractivity contribution in [1.29, 1.82) is 0 Å². The van der Waals surface area contributed by atoms with Gasteiger partial charge in [-0.15, -0.1) is 0 Å². The Morgan fingerprint density at radius 3 is 2.40 bits per heavy atom. The zero-order valence-corrected chi connectivity index (χ0v) is 10.5. The number of aliphatic hydroxyl groups is 1. The molecule has 1 unspecified atom stereocenters. The van der Waals surface area contributed by atoms with E-state index in [9.17, 15) is 0 Å². The first-order valence-corrected chi connectivity index (χ1v) is 8.14. The summed E-state index contributed by atoms with van der Waals surface area (Å²) in [6.07, 6.45) is 1.87. The van der Waals surface area contributed by atoms with Gasteiger partial charge in [0.1, 0.15) is 11.5 Å². The fourth-order valence-electron chi connectivity index (χ4n) is 1.29. The number of aliphatic hydroxyl groups excluding tert-OH is 1. The summed E-state index contributed by atoms with van der Waals surface area (Å²) in [5.74, 6) is 0.846. The van der Waals surface area contributed by atoms with E-state index in [-0.39, 0.29) is 12.3 Å². The van der Waals surface area contributed by atoms with Gasteiger partial charge in [0.2, 0.25) is 0 Å². The highest BCUT2D eigenvalue weighted by Crippen LogP contribution is 2.15. The van der Waals surface area contributed by atoms with E-state index in [0.717, 1.165) is 11.3 Å². The summed E-state index contributed by atoms with van der Waals surface area (Å²) in [6, 6.07) is 7.52. The standard InChI is InChI=1S/C12H18O2Si/c1-4-12(15(2)3)14-11-7-5-10(9-13)6-8-11/h4-8,12-13,15H,1,9H2,2-3H3. The summed E-state index contributed by atoms with van der Waals surface area (Å²) in [7, 11) is -0.865. The van der Waals surface area contributed by atoms with Gasteiger partial charge in [-0.05, 0) is 17.7 Å². The quantitative estimate of drug-likeness (QED) is 0.611. The Morgan fingerprint density at radius 1 is 1.40 bits per heavy atom. The highest BCUT2D eigenvalue weighted by molar-refractivity contribution is 6.57. The lowest BCUT2D eigenvalue weighted by atomic mass is 10.2. The van der Waals surface area contributed by atoms with E-state index < -0.39 is 8.80 Å². The van der Waals surface area contributed by atoms with Crippen LogP contribution in [0.3, 0.4) is 0 Å². The Balaban J connectivity index is 2.67. The van der Waals surface area contributed by atoms with Gasteiger partial charge in [0.25, 0.3) is 0 Å². The molecule has 0 bridgehead atoms. The second-order valence-corrected chi connectivity index (χ2v) is 7.01. The summed E-state index contributed by atoms with van der Waals surface area (Å²) in [5.41, 5.74) is 1.07. The first-order valence-electron chi connectivity index (χ1n) is 5.16. The van der Waals surface area contributed by atoms with Crippen LogP contribution < -0.4 is 4.74 Å². The molecule has 0 radical (unpaired) electrons. The molecule has 0 heterocycles.